The van der Waals surface area contributed by atoms with E-state index in [0.717, 1.165) is 0 Å². The van der Waals surface area contributed by atoms with Crippen LogP contribution in [-0.4, -0.2) is 0 Å². The zero-order chi connectivity index (χ0) is 11.3. The van der Waals surface area contributed by atoms with E-state index in [1.165, 1.54) is 10.3 Å². The molecule has 0 aliphatic heterocycles. The topological polar surface area (TPSA) is 0 Å². The summed E-state index contributed by atoms with van der Waals surface area (Å²) < 4.78 is 1.47. The van der Waals surface area contributed by atoms with Crippen molar-refractivity contribution >= 4 is 35.8 Å². The molecule has 17 heavy (non-hydrogen) atoms. The van der Waals surface area contributed by atoms with Crippen molar-refractivity contribution in [3.63, 3.8) is 0 Å². The summed E-state index contributed by atoms with van der Waals surface area (Å²) in [6, 6.07) is 5.27. The molecule has 0 N–H and O–H groups in total. The molecule has 1 aliphatic rings. The number of rotatable bonds is 0. The van der Waals surface area contributed by atoms with Gasteiger partial charge in [-0.05, 0) is 12.1 Å². The molecule has 0 bridgehead atoms. The van der Waals surface area contributed by atoms with Crippen molar-refractivity contribution in [2.75, 3.05) is 0 Å². The van der Waals surface area contributed by atoms with Crippen molar-refractivity contribution in [3.05, 3.63) is 50.4 Å². The van der Waals surface area contributed by atoms with Gasteiger partial charge in [0, 0.05) is 4.90 Å². The Kier molecular flexibility index (Phi) is 12.9. The van der Waals surface area contributed by atoms with Crippen LogP contribution in [0.4, 0.5) is 0 Å². The molecule has 0 atom stereocenters. The van der Waals surface area contributed by atoms with Gasteiger partial charge in [0.2, 0.25) is 0 Å². The van der Waals surface area contributed by atoms with Crippen LogP contribution in [0.15, 0.2) is 45.2 Å². The number of hydrogen-bond donors (Lipinski definition) is 1. The fourth-order valence-electron chi connectivity index (χ4n) is 0.936. The van der Waals surface area contributed by atoms with Crippen LogP contribution in [0.3, 0.4) is 0 Å². The van der Waals surface area contributed by atoms with Gasteiger partial charge < -0.3 is 24.8 Å². The van der Waals surface area contributed by atoms with E-state index in [1.807, 2.05) is 0 Å². The van der Waals surface area contributed by atoms with Crippen LogP contribution in [0.2, 0.25) is 10.0 Å². The molecular weight excluding hydrogens is 354 g/mol. The molecule has 2 rings (SSSR count). The number of benzene rings is 1. The van der Waals surface area contributed by atoms with Gasteiger partial charge in [-0.1, -0.05) is 29.3 Å². The van der Waals surface area contributed by atoms with Gasteiger partial charge in [-0.3, -0.25) is 0 Å². The number of allylic oxidation sites excluding steroid dienone is 4. The van der Waals surface area contributed by atoms with E-state index in [4.69, 9.17) is 23.2 Å². The van der Waals surface area contributed by atoms with Crippen molar-refractivity contribution in [1.29, 1.82) is 0 Å². The van der Waals surface area contributed by atoms with Gasteiger partial charge in [0.1, 0.15) is 0 Å². The Balaban J connectivity index is 0. The van der Waals surface area contributed by atoms with Gasteiger partial charge in [-0.25, -0.2) is 0 Å². The van der Waals surface area contributed by atoms with Crippen LogP contribution in [-0.2, 0) is 20.4 Å². The van der Waals surface area contributed by atoms with Crippen molar-refractivity contribution in [3.8, 4) is 0 Å². The van der Waals surface area contributed by atoms with Gasteiger partial charge in [0.25, 0.3) is 0 Å². The Bertz CT molecular complexity index is 384. The summed E-state index contributed by atoms with van der Waals surface area (Å²) in [6.07, 6.45) is 7.56. The van der Waals surface area contributed by atoms with E-state index < -0.39 is 0 Å². The van der Waals surface area contributed by atoms with Crippen LogP contribution in [0.25, 0.3) is 0 Å². The van der Waals surface area contributed by atoms with Gasteiger partial charge in [0.05, 0.1) is 10.0 Å². The first-order valence-electron chi connectivity index (χ1n) is 4.31. The summed E-state index contributed by atoms with van der Waals surface area (Å²) in [5, 5.41) is 1.18. The zero-order valence-electron chi connectivity index (χ0n) is 8.63. The second-order valence-corrected chi connectivity index (χ2v) is 5.16. The monoisotopic (exact) mass is 361 g/mol. The average Bonchev–Trinajstić information content (AvgIpc) is 2.66. The third kappa shape index (κ3) is 7.84. The second-order valence-electron chi connectivity index (χ2n) is 2.89. The molecule has 0 fully saturated rings. The Labute approximate surface area is 141 Å². The minimum atomic E-state index is 0. The average molecular weight is 363 g/mol. The molecule has 0 heterocycles. The molecule has 0 saturated heterocycles. The fraction of sp³-hybridized carbons (Fsp3) is 0.0909. The SMILES string of the molecule is Sc1c(Cl)cccc1Cl.[Cl-].[Cl-].[Ti+2][C]1=CC=CC1. The van der Waals surface area contributed by atoms with Crippen molar-refractivity contribution in [1.82, 2.24) is 0 Å². The van der Waals surface area contributed by atoms with E-state index in [0.29, 0.717) is 14.9 Å². The third-order valence-corrected chi connectivity index (χ3v) is 3.66. The van der Waals surface area contributed by atoms with Crippen molar-refractivity contribution in [2.45, 2.75) is 11.3 Å². The van der Waals surface area contributed by atoms with Crippen molar-refractivity contribution in [2.24, 2.45) is 0 Å². The molecule has 1 aliphatic carbocycles. The molecular formula is C11H9Cl4STi. The van der Waals surface area contributed by atoms with E-state index in [-0.39, 0.29) is 24.8 Å². The standard InChI is InChI=1S/C6H4Cl2S.C5H5.2ClH.Ti/c7-4-2-1-3-5(8)6(4)9;1-2-4-5-3-1;;;/h1-3,9H;1-3H,4H2;2*1H;/q;;;;+2/p-2. The van der Waals surface area contributed by atoms with Gasteiger partial charge in [0.15, 0.2) is 0 Å². The molecule has 0 spiro atoms. The summed E-state index contributed by atoms with van der Waals surface area (Å²) in [5.74, 6) is 0. The molecule has 0 radical (unpaired) electrons. The zero-order valence-corrected chi connectivity index (χ0v) is 14.1. The van der Waals surface area contributed by atoms with E-state index in [9.17, 15) is 0 Å². The quantitative estimate of drug-likeness (QED) is 0.429. The first kappa shape index (κ1) is 20.2. The molecule has 6 heteroatoms. The number of thiol groups is 1. The fourth-order valence-corrected chi connectivity index (χ4v) is 1.82. The van der Waals surface area contributed by atoms with Crippen LogP contribution in [0.5, 0.6) is 0 Å². The van der Waals surface area contributed by atoms with Gasteiger partial charge in [-0.15, -0.1) is 12.6 Å². The first-order valence-corrected chi connectivity index (χ1v) is 6.30. The first-order chi connectivity index (χ1) is 7.11. The summed E-state index contributed by atoms with van der Waals surface area (Å²) in [7, 11) is 0. The number of hydrogen-bond acceptors (Lipinski definition) is 1. The number of halogens is 4. The second kappa shape index (κ2) is 10.8. The normalized spacial score (nSPS) is 11.7. The van der Waals surface area contributed by atoms with Crippen LogP contribution >= 0.6 is 35.8 Å². The summed E-state index contributed by atoms with van der Waals surface area (Å²) in [6.45, 7) is 0. The Morgan fingerprint density at radius 3 is 1.88 bits per heavy atom. The molecule has 1 aromatic rings. The third-order valence-electron chi connectivity index (χ3n) is 1.71. The molecule has 0 saturated carbocycles. The van der Waals surface area contributed by atoms with Gasteiger partial charge >= 0.3 is 49.0 Å². The van der Waals surface area contributed by atoms with Gasteiger partial charge in [-0.2, -0.15) is 0 Å². The van der Waals surface area contributed by atoms with Crippen LogP contribution in [0, 0.1) is 0 Å². The minimum absolute atomic E-state index is 0. The molecule has 1 aromatic carbocycles. The Morgan fingerprint density at radius 1 is 1.12 bits per heavy atom. The Hall–Kier alpha value is 0.924. The summed E-state index contributed by atoms with van der Waals surface area (Å²) in [5.41, 5.74) is 0. The molecule has 0 unspecified atom stereocenters. The van der Waals surface area contributed by atoms with Crippen LogP contribution in [0.1, 0.15) is 6.42 Å². The maximum atomic E-state index is 5.65. The summed E-state index contributed by atoms with van der Waals surface area (Å²) in [4.78, 5) is 0.640. The molecule has 0 aromatic heterocycles. The van der Waals surface area contributed by atoms with Crippen LogP contribution < -0.4 is 24.8 Å². The van der Waals surface area contributed by atoms with E-state index in [2.05, 4.69) is 51.3 Å². The van der Waals surface area contributed by atoms with E-state index in [1.54, 1.807) is 18.2 Å². The molecule has 0 nitrogen and oxygen atoms in total. The molecule has 91 valence electrons. The predicted molar refractivity (Wildman–Crippen MR) is 65.6 cm³/mol. The molecule has 0 amide bonds. The maximum absolute atomic E-state index is 5.65. The van der Waals surface area contributed by atoms with E-state index >= 15 is 0 Å². The van der Waals surface area contributed by atoms with Crippen molar-refractivity contribution < 1.29 is 45.2 Å². The summed E-state index contributed by atoms with van der Waals surface area (Å²) >= 11 is 17.5. The predicted octanol–water partition coefficient (Wildman–Crippen LogP) is -1.33. The Morgan fingerprint density at radius 2 is 1.65 bits per heavy atom.